The highest BCUT2D eigenvalue weighted by atomic mass is 16.6. The molecule has 1 fully saturated rings. The van der Waals surface area contributed by atoms with E-state index < -0.39 is 11.1 Å². The Morgan fingerprint density at radius 1 is 1.06 bits per heavy atom. The van der Waals surface area contributed by atoms with Crippen LogP contribution in [0.3, 0.4) is 0 Å². The number of aliphatic hydroxyl groups excluding tert-OH is 1. The van der Waals surface area contributed by atoms with Crippen molar-refractivity contribution in [3.63, 3.8) is 0 Å². The van der Waals surface area contributed by atoms with Gasteiger partial charge in [0.25, 0.3) is 0 Å². The molecule has 0 saturated heterocycles. The van der Waals surface area contributed by atoms with Gasteiger partial charge in [-0.3, -0.25) is 4.40 Å². The minimum absolute atomic E-state index is 0.0270. The third-order valence-corrected chi connectivity index (χ3v) is 6.58. The smallest absolute Gasteiger partial charge is 0.408 e. The molecule has 0 aliphatic heterocycles. The van der Waals surface area contributed by atoms with Crippen LogP contribution < -0.4 is 5.32 Å². The lowest BCUT2D eigenvalue weighted by molar-refractivity contribution is 0.0377. The van der Waals surface area contributed by atoms with Crippen LogP contribution >= 0.6 is 0 Å². The highest BCUT2D eigenvalue weighted by Crippen LogP contribution is 2.42. The van der Waals surface area contributed by atoms with E-state index in [0.29, 0.717) is 0 Å². The zero-order valence-electron chi connectivity index (χ0n) is 20.4. The van der Waals surface area contributed by atoms with E-state index in [1.165, 1.54) is 0 Å². The number of rotatable bonds is 5. The molecule has 0 atom stereocenters. The number of aliphatic hydroxyl groups is 1. The summed E-state index contributed by atoms with van der Waals surface area (Å²) >= 11 is 0. The first-order valence-electron chi connectivity index (χ1n) is 12.1. The molecule has 1 aliphatic carbocycles. The third kappa shape index (κ3) is 4.54. The maximum Gasteiger partial charge on any atom is 0.408 e. The van der Waals surface area contributed by atoms with E-state index in [1.54, 1.807) is 0 Å². The topological polar surface area (TPSA) is 75.9 Å². The monoisotopic (exact) mass is 469 g/mol. The number of ether oxygens (including phenoxy) is 1. The number of imidazole rings is 1. The van der Waals surface area contributed by atoms with Gasteiger partial charge in [0.1, 0.15) is 11.2 Å². The second-order valence-corrected chi connectivity index (χ2v) is 10.2. The Bertz CT molecular complexity index is 1350. The Labute approximate surface area is 205 Å². The van der Waals surface area contributed by atoms with E-state index in [4.69, 9.17) is 9.72 Å². The number of hydrogen-bond donors (Lipinski definition) is 2. The number of hydrogen-bond acceptors (Lipinski definition) is 4. The summed E-state index contributed by atoms with van der Waals surface area (Å²) in [6, 6.07) is 22.4. The van der Waals surface area contributed by atoms with Crippen LogP contribution in [0.15, 0.2) is 72.9 Å². The van der Waals surface area contributed by atoms with E-state index in [-0.39, 0.29) is 12.7 Å². The summed E-state index contributed by atoms with van der Waals surface area (Å²) in [6.45, 7) is 5.59. The van der Waals surface area contributed by atoms with Crippen molar-refractivity contribution in [3.05, 3.63) is 84.1 Å². The number of fused-ring (bicyclic) bond motifs is 1. The lowest BCUT2D eigenvalue weighted by Crippen LogP contribution is -2.52. The van der Waals surface area contributed by atoms with E-state index in [1.807, 2.05) is 57.3 Å². The van der Waals surface area contributed by atoms with Crippen LogP contribution in [-0.4, -0.2) is 26.2 Å². The molecule has 0 radical (unpaired) electrons. The molecule has 6 nitrogen and oxygen atoms in total. The van der Waals surface area contributed by atoms with Crippen LogP contribution in [0.5, 0.6) is 0 Å². The van der Waals surface area contributed by atoms with Gasteiger partial charge in [0.2, 0.25) is 0 Å². The Hall–Kier alpha value is -3.64. The summed E-state index contributed by atoms with van der Waals surface area (Å²) in [4.78, 5) is 17.5. The molecule has 180 valence electrons. The standard InChI is InChI=1S/C29H31N3O3/c1-28(2,3)35-27(34)31-29(15-7-16-29)23-12-10-21(11-13-23)25-26(22-8-5-4-6-9-22)32-17-14-20(19-33)18-24(32)30-25/h4-6,8-14,17-18,33H,7,15-16,19H2,1-3H3,(H,31,34). The predicted molar refractivity (Wildman–Crippen MR) is 137 cm³/mol. The molecule has 2 aromatic carbocycles. The van der Waals surface area contributed by atoms with Crippen molar-refractivity contribution < 1.29 is 14.6 Å². The van der Waals surface area contributed by atoms with Gasteiger partial charge in [0.15, 0.2) is 0 Å². The molecule has 6 heteroatoms. The number of alkyl carbamates (subject to hydrolysis) is 1. The number of nitrogens with one attached hydrogen (secondary N) is 1. The summed E-state index contributed by atoms with van der Waals surface area (Å²) < 4.78 is 7.59. The van der Waals surface area contributed by atoms with Gasteiger partial charge in [0.05, 0.1) is 23.5 Å². The van der Waals surface area contributed by atoms with Crippen molar-refractivity contribution >= 4 is 11.7 Å². The van der Waals surface area contributed by atoms with E-state index >= 15 is 0 Å². The fraction of sp³-hybridized carbons (Fsp3) is 0.310. The van der Waals surface area contributed by atoms with Gasteiger partial charge in [-0.15, -0.1) is 0 Å². The molecule has 1 saturated carbocycles. The Morgan fingerprint density at radius 3 is 2.37 bits per heavy atom. The van der Waals surface area contributed by atoms with Crippen molar-refractivity contribution in [1.82, 2.24) is 14.7 Å². The van der Waals surface area contributed by atoms with Crippen LogP contribution in [0.2, 0.25) is 0 Å². The zero-order valence-corrected chi connectivity index (χ0v) is 20.4. The third-order valence-electron chi connectivity index (χ3n) is 6.58. The molecule has 5 rings (SSSR count). The van der Waals surface area contributed by atoms with Crippen molar-refractivity contribution in [3.8, 4) is 22.5 Å². The summed E-state index contributed by atoms with van der Waals surface area (Å²) in [5, 5.41) is 12.7. The van der Waals surface area contributed by atoms with Gasteiger partial charge >= 0.3 is 6.09 Å². The van der Waals surface area contributed by atoms with Crippen LogP contribution in [0.25, 0.3) is 28.2 Å². The zero-order chi connectivity index (χ0) is 24.6. The quantitative estimate of drug-likeness (QED) is 0.372. The highest BCUT2D eigenvalue weighted by Gasteiger charge is 2.41. The van der Waals surface area contributed by atoms with Crippen molar-refractivity contribution in [1.29, 1.82) is 0 Å². The minimum atomic E-state index is -0.536. The second kappa shape index (κ2) is 8.86. The number of carbonyl (C=O) groups is 1. The number of benzene rings is 2. The SMILES string of the molecule is CC(C)(C)OC(=O)NC1(c2ccc(-c3nc4cc(CO)ccn4c3-c3ccccc3)cc2)CCC1. The van der Waals surface area contributed by atoms with E-state index in [0.717, 1.165) is 58.6 Å². The Balaban J connectivity index is 1.52. The molecular weight excluding hydrogens is 438 g/mol. The number of nitrogens with zero attached hydrogens (tertiary/aromatic N) is 2. The molecular formula is C29H31N3O3. The van der Waals surface area contributed by atoms with Crippen LogP contribution in [0.1, 0.15) is 51.2 Å². The van der Waals surface area contributed by atoms with Crippen molar-refractivity contribution in [2.45, 2.75) is 57.8 Å². The summed E-state index contributed by atoms with van der Waals surface area (Å²) in [7, 11) is 0. The number of carbonyl (C=O) groups excluding carboxylic acids is 1. The van der Waals surface area contributed by atoms with Gasteiger partial charge in [0, 0.05) is 17.3 Å². The lowest BCUT2D eigenvalue weighted by atomic mass is 9.71. The molecule has 1 aliphatic rings. The number of amides is 1. The largest absolute Gasteiger partial charge is 0.444 e. The molecule has 4 aromatic rings. The molecule has 0 unspecified atom stereocenters. The molecule has 2 heterocycles. The first kappa shape index (κ1) is 23.1. The van der Waals surface area contributed by atoms with Crippen LogP contribution in [-0.2, 0) is 16.9 Å². The van der Waals surface area contributed by atoms with Gasteiger partial charge in [-0.05, 0) is 63.3 Å². The fourth-order valence-electron chi connectivity index (χ4n) is 4.72. The minimum Gasteiger partial charge on any atom is -0.444 e. The Kier molecular flexibility index (Phi) is 5.85. The fourth-order valence-corrected chi connectivity index (χ4v) is 4.72. The summed E-state index contributed by atoms with van der Waals surface area (Å²) in [5.74, 6) is 0. The van der Waals surface area contributed by atoms with E-state index in [2.05, 4.69) is 46.1 Å². The molecule has 2 N–H and O–H groups in total. The first-order chi connectivity index (χ1) is 16.8. The normalized spacial score (nSPS) is 15.0. The molecule has 2 aromatic heterocycles. The van der Waals surface area contributed by atoms with E-state index in [9.17, 15) is 9.90 Å². The van der Waals surface area contributed by atoms with Gasteiger partial charge in [-0.25, -0.2) is 9.78 Å². The van der Waals surface area contributed by atoms with Crippen molar-refractivity contribution in [2.24, 2.45) is 0 Å². The predicted octanol–water partition coefficient (Wildman–Crippen LogP) is 6.06. The average molecular weight is 470 g/mol. The summed E-state index contributed by atoms with van der Waals surface area (Å²) in [6.07, 6.45) is 4.42. The van der Waals surface area contributed by atoms with Gasteiger partial charge in [-0.2, -0.15) is 0 Å². The van der Waals surface area contributed by atoms with Crippen LogP contribution in [0.4, 0.5) is 4.79 Å². The number of pyridine rings is 1. The summed E-state index contributed by atoms with van der Waals surface area (Å²) in [5.41, 5.74) is 5.70. The Morgan fingerprint density at radius 2 is 1.77 bits per heavy atom. The van der Waals surface area contributed by atoms with Gasteiger partial charge < -0.3 is 15.2 Å². The maximum atomic E-state index is 12.5. The van der Waals surface area contributed by atoms with Gasteiger partial charge in [-0.1, -0.05) is 54.6 Å². The maximum absolute atomic E-state index is 12.5. The van der Waals surface area contributed by atoms with Crippen molar-refractivity contribution in [2.75, 3.05) is 0 Å². The molecule has 35 heavy (non-hydrogen) atoms. The highest BCUT2D eigenvalue weighted by molar-refractivity contribution is 5.82. The average Bonchev–Trinajstić information content (AvgIpc) is 3.19. The second-order valence-electron chi connectivity index (χ2n) is 10.2. The first-order valence-corrected chi connectivity index (χ1v) is 12.1. The van der Waals surface area contributed by atoms with Crippen LogP contribution in [0, 0.1) is 0 Å². The number of aromatic nitrogens is 2. The lowest BCUT2D eigenvalue weighted by Gasteiger charge is -2.43. The molecule has 0 spiro atoms. The molecule has 0 bridgehead atoms. The molecule has 1 amide bonds.